The molecule has 2 heterocycles. The van der Waals surface area contributed by atoms with Crippen molar-refractivity contribution in [1.82, 2.24) is 15.1 Å². The summed E-state index contributed by atoms with van der Waals surface area (Å²) in [5.74, 6) is 0.224. The first-order chi connectivity index (χ1) is 17.3. The van der Waals surface area contributed by atoms with E-state index in [9.17, 15) is 14.4 Å². The fourth-order valence-corrected chi connectivity index (χ4v) is 4.94. The number of carbonyl (C=O) groups excluding carboxylic acids is 3. The van der Waals surface area contributed by atoms with Crippen molar-refractivity contribution < 1.29 is 23.9 Å². The van der Waals surface area contributed by atoms with Crippen molar-refractivity contribution in [3.63, 3.8) is 0 Å². The van der Waals surface area contributed by atoms with E-state index in [-0.39, 0.29) is 30.2 Å². The number of hydrogen-bond donors (Lipinski definition) is 1. The molecule has 0 saturated carbocycles. The minimum atomic E-state index is -0.978. The van der Waals surface area contributed by atoms with Gasteiger partial charge in [0.15, 0.2) is 0 Å². The minimum absolute atomic E-state index is 0.101. The van der Waals surface area contributed by atoms with E-state index in [0.29, 0.717) is 54.4 Å². The van der Waals surface area contributed by atoms with Gasteiger partial charge in [-0.25, -0.2) is 0 Å². The molecule has 0 aliphatic carbocycles. The van der Waals surface area contributed by atoms with Crippen molar-refractivity contribution in [2.75, 3.05) is 33.4 Å². The molecular formula is C27H32ClN3O5. The van der Waals surface area contributed by atoms with Gasteiger partial charge in [0.1, 0.15) is 17.5 Å². The Morgan fingerprint density at radius 2 is 1.75 bits per heavy atom. The van der Waals surface area contributed by atoms with E-state index in [1.807, 2.05) is 13.8 Å². The normalized spacial score (nSPS) is 19.0. The smallest absolute Gasteiger partial charge is 0.256 e. The van der Waals surface area contributed by atoms with Crippen LogP contribution >= 0.6 is 11.6 Å². The number of nitrogens with zero attached hydrogens (tertiary/aromatic N) is 2. The van der Waals surface area contributed by atoms with Gasteiger partial charge < -0.3 is 19.7 Å². The molecule has 3 amide bonds. The lowest BCUT2D eigenvalue weighted by Crippen LogP contribution is -2.60. The third-order valence-electron chi connectivity index (χ3n) is 6.74. The summed E-state index contributed by atoms with van der Waals surface area (Å²) in [5.41, 5.74) is -0.0924. The molecule has 36 heavy (non-hydrogen) atoms. The summed E-state index contributed by atoms with van der Waals surface area (Å²) in [6.07, 6.45) is 0.776. The number of hydrogen-bond acceptors (Lipinski definition) is 5. The maximum Gasteiger partial charge on any atom is 0.256 e. The van der Waals surface area contributed by atoms with Crippen LogP contribution in [-0.4, -0.2) is 72.6 Å². The zero-order valence-corrected chi connectivity index (χ0v) is 21.6. The monoisotopic (exact) mass is 513 g/mol. The second kappa shape index (κ2) is 10.9. The summed E-state index contributed by atoms with van der Waals surface area (Å²) in [7, 11) is 1.56. The van der Waals surface area contributed by atoms with E-state index in [1.165, 1.54) is 0 Å². The van der Waals surface area contributed by atoms with E-state index >= 15 is 0 Å². The molecule has 2 aliphatic heterocycles. The Balaban J connectivity index is 1.57. The number of nitrogens with one attached hydrogen (secondary N) is 1. The number of halogens is 1. The standard InChI is InChI=1S/C27H32ClN3O5/c1-18(2)16-29-24(32)23-17-36-27(31(23)25(33)19-8-10-20(35-3)11-9-19)12-14-30(15-13-27)26(34)21-6-4-5-7-22(21)28/h4-11,18,23H,12-17H2,1-3H3,(H,29,32)/t23-/m0/s1. The summed E-state index contributed by atoms with van der Waals surface area (Å²) in [5, 5.41) is 3.34. The molecule has 2 fully saturated rings. The lowest BCUT2D eigenvalue weighted by atomic mass is 9.96. The third kappa shape index (κ3) is 5.20. The third-order valence-corrected chi connectivity index (χ3v) is 7.07. The number of carbonyl (C=O) groups is 3. The second-order valence-corrected chi connectivity index (χ2v) is 9.99. The Morgan fingerprint density at radius 3 is 2.36 bits per heavy atom. The SMILES string of the molecule is COc1ccc(C(=O)N2[C@H](C(=O)NCC(C)C)COC23CCN(C(=O)c2ccccc2Cl)CC3)cc1. The van der Waals surface area contributed by atoms with E-state index in [0.717, 1.165) is 0 Å². The maximum atomic E-state index is 13.8. The zero-order valence-electron chi connectivity index (χ0n) is 20.8. The first-order valence-corrected chi connectivity index (χ1v) is 12.6. The second-order valence-electron chi connectivity index (χ2n) is 9.59. The van der Waals surface area contributed by atoms with Crippen LogP contribution in [-0.2, 0) is 9.53 Å². The lowest BCUT2D eigenvalue weighted by molar-refractivity contribution is -0.128. The number of benzene rings is 2. The number of amides is 3. The average molecular weight is 514 g/mol. The highest BCUT2D eigenvalue weighted by atomic mass is 35.5. The molecule has 9 heteroatoms. The van der Waals surface area contributed by atoms with Gasteiger partial charge in [-0.2, -0.15) is 0 Å². The fourth-order valence-electron chi connectivity index (χ4n) is 4.73. The molecular weight excluding hydrogens is 482 g/mol. The predicted molar refractivity (Wildman–Crippen MR) is 136 cm³/mol. The molecule has 192 valence electrons. The summed E-state index contributed by atoms with van der Waals surface area (Å²) >= 11 is 6.24. The average Bonchev–Trinajstić information content (AvgIpc) is 3.25. The molecule has 0 aromatic heterocycles. The first-order valence-electron chi connectivity index (χ1n) is 12.2. The van der Waals surface area contributed by atoms with Gasteiger partial charge in [-0.3, -0.25) is 19.3 Å². The molecule has 0 unspecified atom stereocenters. The van der Waals surface area contributed by atoms with Gasteiger partial charge in [-0.05, 0) is 42.3 Å². The van der Waals surface area contributed by atoms with Crippen LogP contribution in [0.1, 0.15) is 47.4 Å². The van der Waals surface area contributed by atoms with Crippen molar-refractivity contribution in [3.8, 4) is 5.75 Å². The van der Waals surface area contributed by atoms with Crippen LogP contribution in [0.2, 0.25) is 5.02 Å². The zero-order chi connectivity index (χ0) is 25.9. The van der Waals surface area contributed by atoms with Crippen molar-refractivity contribution in [2.24, 2.45) is 5.92 Å². The van der Waals surface area contributed by atoms with Crippen molar-refractivity contribution in [1.29, 1.82) is 0 Å². The molecule has 0 bridgehead atoms. The Morgan fingerprint density at radius 1 is 1.08 bits per heavy atom. The van der Waals surface area contributed by atoms with E-state index < -0.39 is 11.8 Å². The van der Waals surface area contributed by atoms with Crippen molar-refractivity contribution in [3.05, 3.63) is 64.7 Å². The van der Waals surface area contributed by atoms with Crippen LogP contribution in [0.15, 0.2) is 48.5 Å². The molecule has 1 N–H and O–H groups in total. The van der Waals surface area contributed by atoms with Gasteiger partial charge >= 0.3 is 0 Å². The summed E-state index contributed by atoms with van der Waals surface area (Å²) in [6, 6.07) is 13.0. The largest absolute Gasteiger partial charge is 0.497 e. The van der Waals surface area contributed by atoms with Gasteiger partial charge in [-0.15, -0.1) is 0 Å². The number of piperidine rings is 1. The molecule has 2 aromatic carbocycles. The molecule has 4 rings (SSSR count). The topological polar surface area (TPSA) is 88.2 Å². The highest BCUT2D eigenvalue weighted by Crippen LogP contribution is 2.39. The van der Waals surface area contributed by atoms with Crippen LogP contribution in [0.4, 0.5) is 0 Å². The fraction of sp³-hybridized carbons (Fsp3) is 0.444. The van der Waals surface area contributed by atoms with Gasteiger partial charge in [0, 0.05) is 38.0 Å². The van der Waals surface area contributed by atoms with Crippen LogP contribution in [0.5, 0.6) is 5.75 Å². The van der Waals surface area contributed by atoms with Crippen molar-refractivity contribution in [2.45, 2.75) is 38.5 Å². The van der Waals surface area contributed by atoms with Gasteiger partial charge in [0.05, 0.1) is 24.3 Å². The van der Waals surface area contributed by atoms with Crippen LogP contribution in [0.25, 0.3) is 0 Å². The van der Waals surface area contributed by atoms with Gasteiger partial charge in [0.2, 0.25) is 5.91 Å². The number of methoxy groups -OCH3 is 1. The lowest BCUT2D eigenvalue weighted by Gasteiger charge is -2.44. The summed E-state index contributed by atoms with van der Waals surface area (Å²) < 4.78 is 11.5. The van der Waals surface area contributed by atoms with E-state index in [4.69, 9.17) is 21.1 Å². The molecule has 2 saturated heterocycles. The Kier molecular flexibility index (Phi) is 7.85. The number of rotatable bonds is 6. The molecule has 2 aliphatic rings. The summed E-state index contributed by atoms with van der Waals surface area (Å²) in [4.78, 5) is 43.3. The summed E-state index contributed by atoms with van der Waals surface area (Å²) in [6.45, 7) is 5.38. The maximum absolute atomic E-state index is 13.8. The number of likely N-dealkylation sites (tertiary alicyclic amines) is 1. The Hall–Kier alpha value is -3.10. The molecule has 0 radical (unpaired) electrons. The number of ether oxygens (including phenoxy) is 2. The van der Waals surface area contributed by atoms with Crippen molar-refractivity contribution >= 4 is 29.3 Å². The predicted octanol–water partition coefficient (Wildman–Crippen LogP) is 3.59. The molecule has 8 nitrogen and oxygen atoms in total. The molecule has 1 spiro atoms. The van der Waals surface area contributed by atoms with E-state index in [1.54, 1.807) is 65.4 Å². The van der Waals surface area contributed by atoms with Crippen LogP contribution in [0.3, 0.4) is 0 Å². The Labute approximate surface area is 216 Å². The highest BCUT2D eigenvalue weighted by Gasteiger charge is 2.54. The highest BCUT2D eigenvalue weighted by molar-refractivity contribution is 6.33. The van der Waals surface area contributed by atoms with E-state index in [2.05, 4.69) is 5.32 Å². The van der Waals surface area contributed by atoms with Gasteiger partial charge in [0.25, 0.3) is 11.8 Å². The Bertz CT molecular complexity index is 1110. The van der Waals surface area contributed by atoms with Crippen LogP contribution in [0, 0.1) is 5.92 Å². The van der Waals surface area contributed by atoms with Gasteiger partial charge in [-0.1, -0.05) is 37.6 Å². The minimum Gasteiger partial charge on any atom is -0.497 e. The quantitative estimate of drug-likeness (QED) is 0.637. The first kappa shape index (κ1) is 26.0. The molecule has 2 aromatic rings. The molecule has 1 atom stereocenters. The van der Waals surface area contributed by atoms with Crippen LogP contribution < -0.4 is 10.1 Å².